The van der Waals surface area contributed by atoms with Crippen molar-refractivity contribution in [1.29, 1.82) is 0 Å². The van der Waals surface area contributed by atoms with Crippen molar-refractivity contribution in [2.75, 3.05) is 45.5 Å². The standard InChI is InChI=1S/C31H36N4O10/c1-34(2)19-12-18(33-30(42)45-15-8-6-14(44-5)7-9-15)24(36)21-16(19)10-13-11-17-23(35(3)4)26(38)22(29(32)41)28(40)31(17,43)27(39)20(13)25(21)37/h6-9,12-13,17,20,22-23,26,36,38,43H,10-11H2,1-5H3,(H2,32,41)(H,33,42)/t13-,17-,20?,22?,23-,26?,31-/m1/s1. The highest BCUT2D eigenvalue weighted by Crippen LogP contribution is 2.53. The van der Waals surface area contributed by atoms with E-state index < -0.39 is 76.5 Å². The Labute approximate surface area is 258 Å². The van der Waals surface area contributed by atoms with Gasteiger partial charge in [0.1, 0.15) is 23.2 Å². The minimum Gasteiger partial charge on any atom is -0.505 e. The Morgan fingerprint density at radius 3 is 2.22 bits per heavy atom. The Kier molecular flexibility index (Phi) is 8.10. The number of rotatable bonds is 6. The zero-order chi connectivity index (χ0) is 33.1. The van der Waals surface area contributed by atoms with Crippen molar-refractivity contribution in [3.8, 4) is 17.2 Å². The van der Waals surface area contributed by atoms with Gasteiger partial charge in [-0.1, -0.05) is 0 Å². The predicted octanol–water partition coefficient (Wildman–Crippen LogP) is 0.344. The number of benzene rings is 2. The maximum atomic E-state index is 14.1. The highest BCUT2D eigenvalue weighted by molar-refractivity contribution is 6.26. The first kappa shape index (κ1) is 31.9. The average Bonchev–Trinajstić information content (AvgIpc) is 2.96. The number of ketones is 3. The molecule has 0 aliphatic heterocycles. The van der Waals surface area contributed by atoms with Crippen LogP contribution in [0.5, 0.6) is 17.2 Å². The first-order valence-electron chi connectivity index (χ1n) is 14.3. The molecule has 3 unspecified atom stereocenters. The van der Waals surface area contributed by atoms with Crippen LogP contribution in [-0.2, 0) is 20.8 Å². The Morgan fingerprint density at radius 2 is 1.67 bits per heavy atom. The third-order valence-corrected chi connectivity index (χ3v) is 9.26. The van der Waals surface area contributed by atoms with Crippen LogP contribution < -0.4 is 25.4 Å². The van der Waals surface area contributed by atoms with E-state index in [2.05, 4.69) is 5.32 Å². The number of hydrogen-bond acceptors (Lipinski definition) is 12. The van der Waals surface area contributed by atoms with Crippen LogP contribution in [0, 0.1) is 23.7 Å². The summed E-state index contributed by atoms with van der Waals surface area (Å²) >= 11 is 0. The summed E-state index contributed by atoms with van der Waals surface area (Å²) in [7, 11) is 8.06. The zero-order valence-electron chi connectivity index (χ0n) is 25.4. The third kappa shape index (κ3) is 4.98. The number of likely N-dealkylation sites (N-methyl/N-ethyl adjacent to an activating group) is 1. The van der Waals surface area contributed by atoms with Gasteiger partial charge in [0.05, 0.1) is 30.4 Å². The predicted molar refractivity (Wildman–Crippen MR) is 159 cm³/mol. The fourth-order valence-corrected chi connectivity index (χ4v) is 7.25. The number of aliphatic hydroxyl groups excluding tert-OH is 1. The summed E-state index contributed by atoms with van der Waals surface area (Å²) < 4.78 is 10.4. The van der Waals surface area contributed by atoms with Gasteiger partial charge in [0.15, 0.2) is 23.0 Å². The van der Waals surface area contributed by atoms with Gasteiger partial charge in [-0.05, 0) is 68.8 Å². The Bertz CT molecular complexity index is 1590. The molecule has 45 heavy (non-hydrogen) atoms. The van der Waals surface area contributed by atoms with Crippen LogP contribution >= 0.6 is 0 Å². The van der Waals surface area contributed by atoms with Crippen LogP contribution in [0.4, 0.5) is 16.2 Å². The number of phenolic OH excluding ortho intramolecular Hbond substituents is 1. The number of carbonyl (C=O) groups is 5. The van der Waals surface area contributed by atoms with E-state index in [1.165, 1.54) is 30.2 Å². The van der Waals surface area contributed by atoms with Gasteiger partial charge in [0.25, 0.3) is 0 Å². The van der Waals surface area contributed by atoms with Crippen LogP contribution in [-0.4, -0.2) is 103 Å². The lowest BCUT2D eigenvalue weighted by atomic mass is 9.52. The van der Waals surface area contributed by atoms with Crippen molar-refractivity contribution >= 4 is 40.7 Å². The van der Waals surface area contributed by atoms with Gasteiger partial charge in [-0.15, -0.1) is 0 Å². The van der Waals surface area contributed by atoms with E-state index in [0.29, 0.717) is 17.0 Å². The van der Waals surface area contributed by atoms with E-state index in [1.54, 1.807) is 45.2 Å². The second kappa shape index (κ2) is 11.4. The minimum atomic E-state index is -2.78. The molecule has 240 valence electrons. The Morgan fingerprint density at radius 1 is 1.04 bits per heavy atom. The SMILES string of the molecule is COc1ccc(OC(=O)Nc2cc(N(C)C)c3c(c2O)C(=O)C2C(=O)[C@@]4(O)C(=O)C(C(N)=O)C(O)[C@H](N(C)C)[C@H]4C[C@H]2C3)cc1. The smallest absolute Gasteiger partial charge is 0.417 e. The summed E-state index contributed by atoms with van der Waals surface area (Å²) in [4.78, 5) is 70.0. The van der Waals surface area contributed by atoms with Gasteiger partial charge in [-0.2, -0.15) is 0 Å². The van der Waals surface area contributed by atoms with Crippen molar-refractivity contribution in [3.63, 3.8) is 0 Å². The number of aromatic hydroxyl groups is 1. The van der Waals surface area contributed by atoms with Crippen molar-refractivity contribution in [2.45, 2.75) is 30.6 Å². The van der Waals surface area contributed by atoms with Crippen LogP contribution in [0.25, 0.3) is 0 Å². The van der Waals surface area contributed by atoms with Crippen LogP contribution in [0.2, 0.25) is 0 Å². The molecule has 2 fully saturated rings. The second-order valence-corrected chi connectivity index (χ2v) is 12.2. The molecule has 0 spiro atoms. The highest BCUT2D eigenvalue weighted by Gasteiger charge is 2.69. The van der Waals surface area contributed by atoms with E-state index >= 15 is 0 Å². The number of anilines is 2. The van der Waals surface area contributed by atoms with Gasteiger partial charge >= 0.3 is 6.09 Å². The molecule has 0 radical (unpaired) electrons. The van der Waals surface area contributed by atoms with Crippen LogP contribution in [0.1, 0.15) is 22.3 Å². The number of phenols is 1. The molecule has 2 amide bonds. The average molecular weight is 625 g/mol. The monoisotopic (exact) mass is 624 g/mol. The summed E-state index contributed by atoms with van der Waals surface area (Å²) in [5.41, 5.74) is 3.13. The van der Waals surface area contributed by atoms with Crippen LogP contribution in [0.15, 0.2) is 30.3 Å². The highest BCUT2D eigenvalue weighted by atomic mass is 16.6. The third-order valence-electron chi connectivity index (χ3n) is 9.26. The van der Waals surface area contributed by atoms with E-state index in [1.807, 2.05) is 0 Å². The number of Topliss-reactive ketones (excluding diaryl/α,β-unsaturated/α-hetero) is 3. The molecule has 14 nitrogen and oxygen atoms in total. The lowest BCUT2D eigenvalue weighted by Gasteiger charge is -2.55. The quantitative estimate of drug-likeness (QED) is 0.218. The molecule has 3 aliphatic carbocycles. The molecule has 2 aromatic carbocycles. The lowest BCUT2D eigenvalue weighted by molar-refractivity contribution is -0.190. The Balaban J connectivity index is 1.54. The van der Waals surface area contributed by atoms with Gasteiger partial charge < -0.3 is 40.3 Å². The zero-order valence-corrected chi connectivity index (χ0v) is 25.4. The van der Waals surface area contributed by atoms with Crippen molar-refractivity contribution in [2.24, 2.45) is 29.4 Å². The number of aliphatic hydroxyl groups is 2. The molecule has 2 aromatic rings. The van der Waals surface area contributed by atoms with Gasteiger partial charge in [0, 0.05) is 31.7 Å². The number of fused-ring (bicyclic) bond motifs is 3. The van der Waals surface area contributed by atoms with Crippen molar-refractivity contribution < 1.29 is 48.8 Å². The molecule has 3 aliphatic rings. The van der Waals surface area contributed by atoms with E-state index in [4.69, 9.17) is 15.2 Å². The van der Waals surface area contributed by atoms with E-state index in [9.17, 15) is 39.3 Å². The lowest BCUT2D eigenvalue weighted by Crippen LogP contribution is -2.75. The number of primary amides is 1. The molecule has 14 heteroatoms. The molecule has 6 N–H and O–H groups in total. The normalized spacial score (nSPS) is 28.9. The topological polar surface area (TPSA) is 209 Å². The summed E-state index contributed by atoms with van der Waals surface area (Å²) in [5, 5.41) is 36.6. The maximum absolute atomic E-state index is 14.1. The van der Waals surface area contributed by atoms with E-state index in [-0.39, 0.29) is 29.8 Å². The molecular formula is C31H36N4O10. The summed E-state index contributed by atoms with van der Waals surface area (Å²) in [6, 6.07) is 6.65. The van der Waals surface area contributed by atoms with Gasteiger partial charge in [-0.3, -0.25) is 24.5 Å². The van der Waals surface area contributed by atoms with Gasteiger partial charge in [0.2, 0.25) is 5.91 Å². The van der Waals surface area contributed by atoms with Crippen molar-refractivity contribution in [1.82, 2.24) is 4.90 Å². The molecule has 0 heterocycles. The number of carbonyl (C=O) groups excluding carboxylic acids is 5. The minimum absolute atomic E-state index is 0.0168. The fourth-order valence-electron chi connectivity index (χ4n) is 7.25. The summed E-state index contributed by atoms with van der Waals surface area (Å²) in [6.07, 6.45) is -2.47. The number of ether oxygens (including phenoxy) is 2. The summed E-state index contributed by atoms with van der Waals surface area (Å²) in [5.74, 6) is -9.55. The number of amides is 2. The first-order valence-corrected chi connectivity index (χ1v) is 14.3. The molecule has 0 saturated heterocycles. The molecule has 2 saturated carbocycles. The maximum Gasteiger partial charge on any atom is 0.417 e. The van der Waals surface area contributed by atoms with Crippen LogP contribution in [0.3, 0.4) is 0 Å². The Hall–Kier alpha value is -4.53. The first-order chi connectivity index (χ1) is 21.1. The largest absolute Gasteiger partial charge is 0.505 e. The molecule has 0 aromatic heterocycles. The van der Waals surface area contributed by atoms with Crippen molar-refractivity contribution in [3.05, 3.63) is 41.5 Å². The molecule has 7 atom stereocenters. The van der Waals surface area contributed by atoms with E-state index in [0.717, 1.165) is 0 Å². The fraction of sp³-hybridized carbons (Fsp3) is 0.452. The second-order valence-electron chi connectivity index (χ2n) is 12.2. The molecular weight excluding hydrogens is 588 g/mol. The summed E-state index contributed by atoms with van der Waals surface area (Å²) in [6.45, 7) is 0. The number of nitrogens with two attached hydrogens (primary N) is 1. The number of methoxy groups -OCH3 is 1. The van der Waals surface area contributed by atoms with Gasteiger partial charge in [-0.25, -0.2) is 4.79 Å². The number of nitrogens with one attached hydrogen (secondary N) is 1. The number of hydrogen-bond donors (Lipinski definition) is 5. The molecule has 0 bridgehead atoms. The number of nitrogens with zero attached hydrogens (tertiary/aromatic N) is 2. The molecule has 5 rings (SSSR count).